The first-order chi connectivity index (χ1) is 7.72. The molecule has 1 heterocycles. The molecule has 0 aliphatic heterocycles. The Bertz CT molecular complexity index is 293. The van der Waals surface area contributed by atoms with E-state index in [4.69, 9.17) is 23.2 Å². The van der Waals surface area contributed by atoms with Crippen molar-refractivity contribution in [2.45, 2.75) is 51.9 Å². The van der Waals surface area contributed by atoms with Crippen LogP contribution in [-0.2, 0) is 6.42 Å². The number of hydrogen-bond donors (Lipinski definition) is 0. The van der Waals surface area contributed by atoms with Crippen molar-refractivity contribution in [3.63, 3.8) is 0 Å². The molecule has 0 fully saturated rings. The molecule has 1 rings (SSSR count). The number of unbranched alkanes of at least 4 members (excludes halogenated alkanes) is 5. The smallest absolute Gasteiger partial charge is 0.131 e. The van der Waals surface area contributed by atoms with Gasteiger partial charge in [-0.3, -0.25) is 0 Å². The maximum atomic E-state index is 5.84. The number of rotatable bonds is 7. The van der Waals surface area contributed by atoms with E-state index >= 15 is 0 Å². The predicted octanol–water partition coefficient (Wildman–Crippen LogP) is 5.29. The van der Waals surface area contributed by atoms with Crippen LogP contribution in [0.1, 0.15) is 51.0 Å². The molecule has 0 amide bonds. The zero-order valence-electron chi connectivity index (χ0n) is 9.81. The minimum Gasteiger partial charge on any atom is -0.224 e. The summed E-state index contributed by atoms with van der Waals surface area (Å²) in [5, 5.41) is 0.988. The van der Waals surface area contributed by atoms with Gasteiger partial charge in [-0.25, -0.2) is 4.98 Å². The van der Waals surface area contributed by atoms with Gasteiger partial charge in [0, 0.05) is 0 Å². The molecular formula is C13H19Cl2N. The van der Waals surface area contributed by atoms with Gasteiger partial charge in [-0.15, -0.1) is 0 Å². The Labute approximate surface area is 108 Å². The maximum absolute atomic E-state index is 5.84. The van der Waals surface area contributed by atoms with E-state index in [9.17, 15) is 0 Å². The molecule has 90 valence electrons. The first kappa shape index (κ1) is 13.8. The Morgan fingerprint density at radius 2 is 1.50 bits per heavy atom. The third-order valence-corrected chi connectivity index (χ3v) is 3.03. The summed E-state index contributed by atoms with van der Waals surface area (Å²) in [5.41, 5.74) is 1.19. The SMILES string of the molecule is CCCCCCCCc1cc(Cl)nc(Cl)c1. The number of nitrogens with zero attached hydrogens (tertiary/aromatic N) is 1. The van der Waals surface area contributed by atoms with Crippen molar-refractivity contribution in [1.29, 1.82) is 0 Å². The van der Waals surface area contributed by atoms with E-state index in [2.05, 4.69) is 11.9 Å². The number of aromatic nitrogens is 1. The van der Waals surface area contributed by atoms with Gasteiger partial charge in [-0.05, 0) is 30.5 Å². The average molecular weight is 260 g/mol. The lowest BCUT2D eigenvalue weighted by Gasteiger charge is -2.03. The fourth-order valence-corrected chi connectivity index (χ4v) is 2.27. The van der Waals surface area contributed by atoms with Gasteiger partial charge in [0.25, 0.3) is 0 Å². The van der Waals surface area contributed by atoms with E-state index in [1.165, 1.54) is 44.1 Å². The van der Waals surface area contributed by atoms with Crippen LogP contribution in [0.15, 0.2) is 12.1 Å². The van der Waals surface area contributed by atoms with Gasteiger partial charge in [0.05, 0.1) is 0 Å². The van der Waals surface area contributed by atoms with Gasteiger partial charge < -0.3 is 0 Å². The molecule has 0 aromatic carbocycles. The standard InChI is InChI=1S/C13H19Cl2N/c1-2-3-4-5-6-7-8-11-9-12(14)16-13(15)10-11/h9-10H,2-8H2,1H3. The normalized spacial score (nSPS) is 10.7. The Kier molecular flexibility index (Phi) is 6.82. The third kappa shape index (κ3) is 5.72. The molecule has 1 nitrogen and oxygen atoms in total. The summed E-state index contributed by atoms with van der Waals surface area (Å²) in [6, 6.07) is 3.80. The molecule has 0 saturated carbocycles. The number of hydrogen-bond acceptors (Lipinski definition) is 1. The molecule has 0 unspecified atom stereocenters. The predicted molar refractivity (Wildman–Crippen MR) is 71.3 cm³/mol. The van der Waals surface area contributed by atoms with Crippen molar-refractivity contribution in [3.8, 4) is 0 Å². The second-order valence-electron chi connectivity index (χ2n) is 4.14. The van der Waals surface area contributed by atoms with E-state index in [0.717, 1.165) is 6.42 Å². The number of pyridine rings is 1. The Morgan fingerprint density at radius 3 is 2.12 bits per heavy atom. The first-order valence-electron chi connectivity index (χ1n) is 6.04. The van der Waals surface area contributed by atoms with Crippen molar-refractivity contribution in [2.75, 3.05) is 0 Å². The molecule has 0 atom stereocenters. The molecule has 0 aliphatic carbocycles. The van der Waals surface area contributed by atoms with E-state index in [0.29, 0.717) is 10.3 Å². The molecule has 0 radical (unpaired) electrons. The number of aryl methyl sites for hydroxylation is 1. The van der Waals surface area contributed by atoms with Crippen LogP contribution >= 0.6 is 23.2 Å². The van der Waals surface area contributed by atoms with Crippen LogP contribution in [0.4, 0.5) is 0 Å². The van der Waals surface area contributed by atoms with Crippen LogP contribution in [0.3, 0.4) is 0 Å². The highest BCUT2D eigenvalue weighted by atomic mass is 35.5. The maximum Gasteiger partial charge on any atom is 0.131 e. The molecule has 0 spiro atoms. The first-order valence-corrected chi connectivity index (χ1v) is 6.80. The van der Waals surface area contributed by atoms with Crippen LogP contribution in [0, 0.1) is 0 Å². The van der Waals surface area contributed by atoms with Crippen LogP contribution in [0.5, 0.6) is 0 Å². The van der Waals surface area contributed by atoms with Crippen LogP contribution < -0.4 is 0 Å². The molecule has 0 N–H and O–H groups in total. The zero-order chi connectivity index (χ0) is 11.8. The van der Waals surface area contributed by atoms with E-state index < -0.39 is 0 Å². The Balaban J connectivity index is 2.21. The van der Waals surface area contributed by atoms with Gasteiger partial charge in [-0.1, -0.05) is 62.2 Å². The lowest BCUT2D eigenvalue weighted by atomic mass is 10.1. The van der Waals surface area contributed by atoms with Crippen LogP contribution in [0.25, 0.3) is 0 Å². The third-order valence-electron chi connectivity index (χ3n) is 2.64. The molecular weight excluding hydrogens is 241 g/mol. The van der Waals surface area contributed by atoms with Gasteiger partial charge in [0.1, 0.15) is 10.3 Å². The Morgan fingerprint density at radius 1 is 0.938 bits per heavy atom. The summed E-state index contributed by atoms with van der Waals surface area (Å²) < 4.78 is 0. The fourth-order valence-electron chi connectivity index (χ4n) is 1.77. The highest BCUT2D eigenvalue weighted by Crippen LogP contribution is 2.17. The van der Waals surface area contributed by atoms with Crippen molar-refractivity contribution < 1.29 is 0 Å². The minimum atomic E-state index is 0.494. The summed E-state index contributed by atoms with van der Waals surface area (Å²) in [5.74, 6) is 0. The average Bonchev–Trinajstić information content (AvgIpc) is 2.22. The largest absolute Gasteiger partial charge is 0.224 e. The summed E-state index contributed by atoms with van der Waals surface area (Å²) in [7, 11) is 0. The summed E-state index contributed by atoms with van der Waals surface area (Å²) >= 11 is 11.7. The summed E-state index contributed by atoms with van der Waals surface area (Å²) in [6.45, 7) is 2.24. The van der Waals surface area contributed by atoms with Crippen LogP contribution in [0.2, 0.25) is 10.3 Å². The quantitative estimate of drug-likeness (QED) is 0.479. The van der Waals surface area contributed by atoms with Crippen molar-refractivity contribution in [2.24, 2.45) is 0 Å². The molecule has 0 saturated heterocycles. The highest BCUT2D eigenvalue weighted by Gasteiger charge is 1.99. The lowest BCUT2D eigenvalue weighted by molar-refractivity contribution is 0.607. The molecule has 0 aliphatic rings. The van der Waals surface area contributed by atoms with E-state index in [1.54, 1.807) is 0 Å². The Hall–Kier alpha value is -0.270. The number of halogens is 2. The molecule has 1 aromatic rings. The summed E-state index contributed by atoms with van der Waals surface area (Å²) in [6.07, 6.45) is 8.89. The van der Waals surface area contributed by atoms with Crippen LogP contribution in [-0.4, -0.2) is 4.98 Å². The van der Waals surface area contributed by atoms with Crippen molar-refractivity contribution >= 4 is 23.2 Å². The van der Waals surface area contributed by atoms with Gasteiger partial charge in [-0.2, -0.15) is 0 Å². The van der Waals surface area contributed by atoms with Gasteiger partial charge in [0.15, 0.2) is 0 Å². The minimum absolute atomic E-state index is 0.494. The highest BCUT2D eigenvalue weighted by molar-refractivity contribution is 6.32. The molecule has 1 aromatic heterocycles. The second-order valence-corrected chi connectivity index (χ2v) is 4.91. The second kappa shape index (κ2) is 7.92. The zero-order valence-corrected chi connectivity index (χ0v) is 11.3. The molecule has 0 bridgehead atoms. The topological polar surface area (TPSA) is 12.9 Å². The molecule has 3 heteroatoms. The monoisotopic (exact) mass is 259 g/mol. The van der Waals surface area contributed by atoms with Gasteiger partial charge in [0.2, 0.25) is 0 Å². The van der Waals surface area contributed by atoms with E-state index in [-0.39, 0.29) is 0 Å². The lowest BCUT2D eigenvalue weighted by Crippen LogP contribution is -1.88. The van der Waals surface area contributed by atoms with E-state index in [1.807, 2.05) is 12.1 Å². The fraction of sp³-hybridized carbons (Fsp3) is 0.615. The summed E-state index contributed by atoms with van der Waals surface area (Å²) in [4.78, 5) is 3.93. The van der Waals surface area contributed by atoms with Crippen molar-refractivity contribution in [3.05, 3.63) is 28.0 Å². The van der Waals surface area contributed by atoms with Gasteiger partial charge >= 0.3 is 0 Å². The van der Waals surface area contributed by atoms with Crippen molar-refractivity contribution in [1.82, 2.24) is 4.98 Å². The molecule has 16 heavy (non-hydrogen) atoms.